The molecule has 8 heteroatoms. The SMILES string of the molecule is O=C(NCCCc1nn[nH]n1)N1CCC(N2CCCCC2)C1. The van der Waals surface area contributed by atoms with Gasteiger partial charge in [0.2, 0.25) is 0 Å². The van der Waals surface area contributed by atoms with Crippen molar-refractivity contribution in [1.29, 1.82) is 0 Å². The van der Waals surface area contributed by atoms with Gasteiger partial charge in [-0.2, -0.15) is 5.21 Å². The number of hydrogen-bond acceptors (Lipinski definition) is 5. The largest absolute Gasteiger partial charge is 0.338 e. The number of carbonyl (C=O) groups excluding carboxylic acids is 1. The molecule has 0 bridgehead atoms. The topological polar surface area (TPSA) is 90.0 Å². The van der Waals surface area contributed by atoms with Gasteiger partial charge in [-0.25, -0.2) is 4.79 Å². The molecule has 8 nitrogen and oxygen atoms in total. The van der Waals surface area contributed by atoms with Gasteiger partial charge in [0.05, 0.1) is 0 Å². The molecule has 0 aliphatic carbocycles. The fourth-order valence-corrected chi connectivity index (χ4v) is 3.35. The Kier molecular flexibility index (Phi) is 5.20. The van der Waals surface area contributed by atoms with Crippen LogP contribution in [0.4, 0.5) is 4.79 Å². The molecule has 2 aliphatic heterocycles. The number of amides is 2. The van der Waals surface area contributed by atoms with Crippen LogP contribution in [0.2, 0.25) is 0 Å². The molecule has 2 amide bonds. The van der Waals surface area contributed by atoms with E-state index >= 15 is 0 Å². The van der Waals surface area contributed by atoms with Crippen LogP contribution in [0.15, 0.2) is 0 Å². The first-order valence-corrected chi connectivity index (χ1v) is 8.32. The lowest BCUT2D eigenvalue weighted by atomic mass is 10.1. The molecule has 2 fully saturated rings. The lowest BCUT2D eigenvalue weighted by Gasteiger charge is -2.32. The van der Waals surface area contributed by atoms with Crippen LogP contribution in [0.5, 0.6) is 0 Å². The van der Waals surface area contributed by atoms with E-state index in [0.29, 0.717) is 18.4 Å². The molecule has 0 saturated carbocycles. The standard InChI is InChI=1S/C14H25N7O/c22-14(15-7-4-5-13-16-18-19-17-13)21-10-6-12(11-21)20-8-2-1-3-9-20/h12H,1-11H2,(H,15,22)(H,16,17,18,19). The van der Waals surface area contributed by atoms with E-state index in [-0.39, 0.29) is 6.03 Å². The maximum absolute atomic E-state index is 12.2. The Balaban J connectivity index is 1.34. The molecule has 122 valence electrons. The van der Waals surface area contributed by atoms with Crippen molar-refractivity contribution in [2.75, 3.05) is 32.7 Å². The number of aromatic nitrogens is 4. The lowest BCUT2D eigenvalue weighted by molar-refractivity contribution is 0.161. The minimum absolute atomic E-state index is 0.0626. The molecule has 2 saturated heterocycles. The van der Waals surface area contributed by atoms with Gasteiger partial charge in [-0.05, 0) is 38.8 Å². The maximum atomic E-state index is 12.2. The third kappa shape index (κ3) is 3.94. The van der Waals surface area contributed by atoms with Crippen LogP contribution >= 0.6 is 0 Å². The van der Waals surface area contributed by atoms with Crippen molar-refractivity contribution in [1.82, 2.24) is 35.7 Å². The summed E-state index contributed by atoms with van der Waals surface area (Å²) in [4.78, 5) is 16.7. The second-order valence-corrected chi connectivity index (χ2v) is 6.15. The van der Waals surface area contributed by atoms with Gasteiger partial charge in [-0.15, -0.1) is 10.2 Å². The highest BCUT2D eigenvalue weighted by Crippen LogP contribution is 2.20. The maximum Gasteiger partial charge on any atom is 0.317 e. The van der Waals surface area contributed by atoms with Crippen LogP contribution in [0.3, 0.4) is 0 Å². The molecule has 1 unspecified atom stereocenters. The van der Waals surface area contributed by atoms with Gasteiger partial charge in [-0.1, -0.05) is 11.6 Å². The Morgan fingerprint density at radius 1 is 1.27 bits per heavy atom. The quantitative estimate of drug-likeness (QED) is 0.769. The molecular formula is C14H25N7O. The number of piperidine rings is 1. The number of nitrogens with one attached hydrogen (secondary N) is 2. The number of aryl methyl sites for hydroxylation is 1. The molecule has 3 heterocycles. The van der Waals surface area contributed by atoms with Crippen molar-refractivity contribution in [2.24, 2.45) is 0 Å². The van der Waals surface area contributed by atoms with Crippen molar-refractivity contribution in [2.45, 2.75) is 44.6 Å². The van der Waals surface area contributed by atoms with E-state index < -0.39 is 0 Å². The number of aromatic amines is 1. The third-order valence-electron chi connectivity index (χ3n) is 4.60. The van der Waals surface area contributed by atoms with Gasteiger partial charge in [-0.3, -0.25) is 4.90 Å². The molecule has 2 N–H and O–H groups in total. The van der Waals surface area contributed by atoms with Gasteiger partial charge < -0.3 is 10.2 Å². The Morgan fingerprint density at radius 3 is 2.91 bits per heavy atom. The summed E-state index contributed by atoms with van der Waals surface area (Å²) in [7, 11) is 0. The average Bonchev–Trinajstić information content (AvgIpc) is 3.24. The lowest BCUT2D eigenvalue weighted by Crippen LogP contribution is -2.44. The van der Waals surface area contributed by atoms with Crippen molar-refractivity contribution in [3.8, 4) is 0 Å². The summed E-state index contributed by atoms with van der Waals surface area (Å²) in [6.45, 7) is 4.79. The minimum Gasteiger partial charge on any atom is -0.338 e. The third-order valence-corrected chi connectivity index (χ3v) is 4.60. The van der Waals surface area contributed by atoms with Gasteiger partial charge >= 0.3 is 6.03 Å². The number of carbonyl (C=O) groups is 1. The molecule has 22 heavy (non-hydrogen) atoms. The van der Waals surface area contributed by atoms with E-state index in [0.717, 1.165) is 32.4 Å². The zero-order valence-electron chi connectivity index (χ0n) is 13.0. The Labute approximate surface area is 130 Å². The fourth-order valence-electron chi connectivity index (χ4n) is 3.35. The number of hydrogen-bond donors (Lipinski definition) is 2. The van der Waals surface area contributed by atoms with Crippen molar-refractivity contribution < 1.29 is 4.79 Å². The Bertz CT molecular complexity index is 458. The number of likely N-dealkylation sites (tertiary alicyclic amines) is 2. The summed E-state index contributed by atoms with van der Waals surface area (Å²) < 4.78 is 0. The van der Waals surface area contributed by atoms with E-state index in [2.05, 4.69) is 30.8 Å². The van der Waals surface area contributed by atoms with Gasteiger partial charge in [0.1, 0.15) is 0 Å². The van der Waals surface area contributed by atoms with Gasteiger partial charge in [0.15, 0.2) is 5.82 Å². The molecule has 0 radical (unpaired) electrons. The predicted molar refractivity (Wildman–Crippen MR) is 81.3 cm³/mol. The Hall–Kier alpha value is -1.70. The first-order valence-electron chi connectivity index (χ1n) is 8.32. The van der Waals surface area contributed by atoms with Crippen LogP contribution in [-0.2, 0) is 6.42 Å². The van der Waals surface area contributed by atoms with E-state index in [4.69, 9.17) is 0 Å². The van der Waals surface area contributed by atoms with E-state index in [1.54, 1.807) is 0 Å². The van der Waals surface area contributed by atoms with E-state index in [9.17, 15) is 4.79 Å². The van der Waals surface area contributed by atoms with Crippen LogP contribution < -0.4 is 5.32 Å². The first-order chi connectivity index (χ1) is 10.8. The second kappa shape index (κ2) is 7.53. The Morgan fingerprint density at radius 2 is 2.14 bits per heavy atom. The van der Waals surface area contributed by atoms with Crippen LogP contribution in [0, 0.1) is 0 Å². The van der Waals surface area contributed by atoms with Crippen LogP contribution in [-0.4, -0.2) is 75.2 Å². The smallest absolute Gasteiger partial charge is 0.317 e. The molecule has 1 aromatic heterocycles. The molecule has 0 aromatic carbocycles. The van der Waals surface area contributed by atoms with E-state index in [1.807, 2.05) is 4.90 Å². The number of rotatable bonds is 5. The molecule has 1 aromatic rings. The highest BCUT2D eigenvalue weighted by atomic mass is 16.2. The molecule has 0 spiro atoms. The summed E-state index contributed by atoms with van der Waals surface area (Å²) in [5.41, 5.74) is 0. The number of tetrazole rings is 1. The van der Waals surface area contributed by atoms with Crippen molar-refractivity contribution in [3.63, 3.8) is 0 Å². The predicted octanol–water partition coefficient (Wildman–Crippen LogP) is 0.402. The van der Waals surface area contributed by atoms with Crippen molar-refractivity contribution >= 4 is 6.03 Å². The average molecular weight is 307 g/mol. The van der Waals surface area contributed by atoms with Gasteiger partial charge in [0.25, 0.3) is 0 Å². The second-order valence-electron chi connectivity index (χ2n) is 6.15. The minimum atomic E-state index is 0.0626. The summed E-state index contributed by atoms with van der Waals surface area (Å²) >= 11 is 0. The molecular weight excluding hydrogens is 282 g/mol. The fraction of sp³-hybridized carbons (Fsp3) is 0.857. The monoisotopic (exact) mass is 307 g/mol. The van der Waals surface area contributed by atoms with Crippen molar-refractivity contribution in [3.05, 3.63) is 5.82 Å². The number of urea groups is 1. The molecule has 1 atom stereocenters. The van der Waals surface area contributed by atoms with Crippen LogP contribution in [0.1, 0.15) is 37.9 Å². The zero-order chi connectivity index (χ0) is 15.2. The first kappa shape index (κ1) is 15.2. The zero-order valence-corrected chi connectivity index (χ0v) is 13.0. The highest BCUT2D eigenvalue weighted by Gasteiger charge is 2.30. The summed E-state index contributed by atoms with van der Waals surface area (Å²) in [6.07, 6.45) is 6.63. The molecule has 2 aliphatic rings. The summed E-state index contributed by atoms with van der Waals surface area (Å²) in [6, 6.07) is 0.623. The number of H-pyrrole nitrogens is 1. The molecule has 3 rings (SSSR count). The highest BCUT2D eigenvalue weighted by molar-refractivity contribution is 5.74. The summed E-state index contributed by atoms with van der Waals surface area (Å²) in [5.74, 6) is 0.695. The normalized spacial score (nSPS) is 22.9. The summed E-state index contributed by atoms with van der Waals surface area (Å²) in [5, 5.41) is 16.7. The van der Waals surface area contributed by atoms with Gasteiger partial charge in [0, 0.05) is 32.1 Å². The van der Waals surface area contributed by atoms with Crippen LogP contribution in [0.25, 0.3) is 0 Å². The number of nitrogens with zero attached hydrogens (tertiary/aromatic N) is 5. The van der Waals surface area contributed by atoms with E-state index in [1.165, 1.54) is 32.4 Å².